The maximum Gasteiger partial charge on any atom is 0.252 e. The van der Waals surface area contributed by atoms with Gasteiger partial charge >= 0.3 is 0 Å². The molecule has 0 spiro atoms. The Hall–Kier alpha value is -4.80. The van der Waals surface area contributed by atoms with Gasteiger partial charge in [0, 0.05) is 34.6 Å². The van der Waals surface area contributed by atoms with Crippen LogP contribution in [0.25, 0.3) is 33.1 Å². The van der Waals surface area contributed by atoms with Crippen LogP contribution < -0.4 is 30.0 Å². The summed E-state index contributed by atoms with van der Waals surface area (Å²) in [6.07, 6.45) is 4.49. The monoisotopic (exact) mass is 612 g/mol. The van der Waals surface area contributed by atoms with Crippen molar-refractivity contribution in [1.82, 2.24) is 14.9 Å². The number of aromatic nitrogens is 2. The molecule has 10 heteroatoms. The summed E-state index contributed by atoms with van der Waals surface area (Å²) in [4.78, 5) is 18.9. The first-order valence-electron chi connectivity index (χ1n) is 14.9. The molecule has 5 aromatic rings. The van der Waals surface area contributed by atoms with Crippen LogP contribution in [0.1, 0.15) is 28.8 Å². The van der Waals surface area contributed by atoms with Gasteiger partial charge in [0.2, 0.25) is 5.75 Å². The van der Waals surface area contributed by atoms with E-state index in [0.29, 0.717) is 63.7 Å². The third-order valence-corrected chi connectivity index (χ3v) is 7.97. The molecule has 1 amide bonds. The first kappa shape index (κ1) is 31.6. The van der Waals surface area contributed by atoms with E-state index in [4.69, 9.17) is 29.7 Å². The smallest absolute Gasteiger partial charge is 0.252 e. The largest absolute Gasteiger partial charge is 0.497 e. The van der Waals surface area contributed by atoms with Crippen molar-refractivity contribution in [2.45, 2.75) is 31.8 Å². The molecule has 4 N–H and O–H groups in total. The summed E-state index contributed by atoms with van der Waals surface area (Å²) in [5, 5.41) is 15.2. The molecule has 45 heavy (non-hydrogen) atoms. The van der Waals surface area contributed by atoms with Crippen LogP contribution in [0.2, 0.25) is 0 Å². The number of hydrogen-bond donors (Lipinski definition) is 3. The summed E-state index contributed by atoms with van der Waals surface area (Å²) in [6.45, 7) is 1.27. The van der Waals surface area contributed by atoms with E-state index in [-0.39, 0.29) is 12.5 Å². The number of unbranched alkanes of at least 4 members (excludes halogenated alkanes) is 1. The minimum absolute atomic E-state index is 0.232. The maximum absolute atomic E-state index is 14.0. The van der Waals surface area contributed by atoms with E-state index in [0.717, 1.165) is 35.9 Å². The molecule has 236 valence electrons. The van der Waals surface area contributed by atoms with Crippen molar-refractivity contribution in [3.05, 3.63) is 78.0 Å². The Morgan fingerprint density at radius 1 is 0.933 bits per heavy atom. The number of pyridine rings is 1. The Bertz CT molecular complexity index is 1780. The molecule has 0 aliphatic heterocycles. The molecule has 0 radical (unpaired) electrons. The summed E-state index contributed by atoms with van der Waals surface area (Å²) in [7, 11) is 6.22. The molecule has 2 heterocycles. The number of carbonyl (C=O) groups is 1. The average Bonchev–Trinajstić information content (AvgIpc) is 3.43. The normalized spacial score (nSPS) is 11.9. The molecule has 0 saturated carbocycles. The first-order chi connectivity index (χ1) is 21.9. The molecule has 10 nitrogen and oxygen atoms in total. The van der Waals surface area contributed by atoms with Crippen LogP contribution in [0.5, 0.6) is 23.0 Å². The summed E-state index contributed by atoms with van der Waals surface area (Å²) in [5.41, 5.74) is 10.1. The molecular weight excluding hydrogens is 572 g/mol. The highest BCUT2D eigenvalue weighted by Gasteiger charge is 2.22. The van der Waals surface area contributed by atoms with Crippen molar-refractivity contribution < 1.29 is 28.8 Å². The van der Waals surface area contributed by atoms with Crippen LogP contribution in [0.3, 0.4) is 0 Å². The quantitative estimate of drug-likeness (QED) is 0.150. The van der Waals surface area contributed by atoms with Gasteiger partial charge in [0.05, 0.1) is 57.9 Å². The van der Waals surface area contributed by atoms with Crippen LogP contribution in [0, 0.1) is 0 Å². The van der Waals surface area contributed by atoms with Gasteiger partial charge < -0.3 is 39.7 Å². The van der Waals surface area contributed by atoms with Gasteiger partial charge in [0.1, 0.15) is 5.75 Å². The second-order valence-corrected chi connectivity index (χ2v) is 10.8. The molecular formula is C35H40N4O6. The van der Waals surface area contributed by atoms with Gasteiger partial charge in [0.15, 0.2) is 11.5 Å². The fourth-order valence-electron chi connectivity index (χ4n) is 5.68. The molecule has 0 aliphatic carbocycles. The number of nitrogens with one attached hydrogen (secondary N) is 1. The van der Waals surface area contributed by atoms with E-state index in [1.165, 1.54) is 0 Å². The fraction of sp³-hybridized carbons (Fsp3) is 0.314. The van der Waals surface area contributed by atoms with Gasteiger partial charge in [-0.1, -0.05) is 18.2 Å². The minimum Gasteiger partial charge on any atom is -0.497 e. The van der Waals surface area contributed by atoms with Crippen LogP contribution in [0.4, 0.5) is 0 Å². The Labute approximate surface area is 262 Å². The highest BCUT2D eigenvalue weighted by atomic mass is 16.5. The summed E-state index contributed by atoms with van der Waals surface area (Å²) in [5.74, 6) is 1.66. The van der Waals surface area contributed by atoms with E-state index in [9.17, 15) is 9.90 Å². The van der Waals surface area contributed by atoms with Crippen molar-refractivity contribution in [2.75, 3.05) is 41.6 Å². The van der Waals surface area contributed by atoms with E-state index >= 15 is 0 Å². The van der Waals surface area contributed by atoms with E-state index in [1.54, 1.807) is 58.8 Å². The number of aryl methyl sites for hydroxylation is 1. The number of nitrogens with two attached hydrogens (primary N) is 1. The van der Waals surface area contributed by atoms with Gasteiger partial charge in [-0.3, -0.25) is 4.79 Å². The molecule has 0 bridgehead atoms. The number of carbonyl (C=O) groups excluding carboxylic acids is 1. The molecule has 0 fully saturated rings. The number of rotatable bonds is 14. The number of aliphatic hydroxyl groups excluding tert-OH is 1. The van der Waals surface area contributed by atoms with E-state index in [1.807, 2.05) is 18.2 Å². The minimum atomic E-state index is -0.528. The molecule has 5 rings (SSSR count). The predicted octanol–water partition coefficient (Wildman–Crippen LogP) is 4.96. The number of methoxy groups -OCH3 is 4. The topological polar surface area (TPSA) is 130 Å². The Kier molecular flexibility index (Phi) is 10.1. The molecule has 0 unspecified atom stereocenters. The fourth-order valence-corrected chi connectivity index (χ4v) is 5.68. The number of amides is 1. The number of para-hydroxylation sites is 1. The number of ether oxygens (including phenoxy) is 4. The highest BCUT2D eigenvalue weighted by molar-refractivity contribution is 6.07. The predicted molar refractivity (Wildman–Crippen MR) is 176 cm³/mol. The van der Waals surface area contributed by atoms with Gasteiger partial charge in [-0.25, -0.2) is 4.98 Å². The Balaban J connectivity index is 1.51. The summed E-state index contributed by atoms with van der Waals surface area (Å²) in [6, 6.07) is 18.4. The SMILES string of the molecule is COc1ccc2nc(-c3cc(OC)c(OC)c(OC)c3)cc(C(=O)N[C@@H](CO)Cc3cn(CCCCN)c4ccccc34)c2c1. The lowest BCUT2D eigenvalue weighted by Gasteiger charge is -2.18. The molecule has 3 aromatic carbocycles. The third kappa shape index (κ3) is 6.67. The van der Waals surface area contributed by atoms with Crippen LogP contribution in [-0.4, -0.2) is 68.2 Å². The Morgan fingerprint density at radius 3 is 2.36 bits per heavy atom. The summed E-state index contributed by atoms with van der Waals surface area (Å²) < 4.78 is 24.3. The highest BCUT2D eigenvalue weighted by Crippen LogP contribution is 2.41. The van der Waals surface area contributed by atoms with Crippen molar-refractivity contribution in [1.29, 1.82) is 0 Å². The van der Waals surface area contributed by atoms with Crippen molar-refractivity contribution >= 4 is 27.7 Å². The van der Waals surface area contributed by atoms with Gasteiger partial charge in [-0.05, 0) is 73.8 Å². The zero-order valence-electron chi connectivity index (χ0n) is 26.1. The standard InChI is InChI=1S/C35H40N4O6/c1-42-25-11-12-29-27(18-25)28(19-30(38-29)22-16-32(43-2)34(45-4)33(17-22)44-3)35(41)37-24(21-40)15-23-20-39(14-8-7-13-36)31-10-6-5-9-26(23)31/h5-6,9-12,16-20,24,40H,7-8,13-15,21,36H2,1-4H3,(H,37,41)/t24-/m1/s1. The van der Waals surface area contributed by atoms with Crippen molar-refractivity contribution in [3.8, 4) is 34.3 Å². The molecule has 0 saturated heterocycles. The number of aliphatic hydroxyl groups is 1. The number of fused-ring (bicyclic) bond motifs is 2. The Morgan fingerprint density at radius 2 is 1.69 bits per heavy atom. The molecule has 0 aliphatic rings. The second kappa shape index (κ2) is 14.3. The lowest BCUT2D eigenvalue weighted by atomic mass is 10.0. The summed E-state index contributed by atoms with van der Waals surface area (Å²) >= 11 is 0. The van der Waals surface area contributed by atoms with Crippen LogP contribution in [0.15, 0.2) is 66.9 Å². The molecule has 2 aromatic heterocycles. The van der Waals surface area contributed by atoms with Crippen molar-refractivity contribution in [3.63, 3.8) is 0 Å². The average molecular weight is 613 g/mol. The number of hydrogen-bond acceptors (Lipinski definition) is 8. The third-order valence-electron chi connectivity index (χ3n) is 7.97. The number of benzene rings is 3. The second-order valence-electron chi connectivity index (χ2n) is 10.8. The van der Waals surface area contributed by atoms with Gasteiger partial charge in [0.25, 0.3) is 5.91 Å². The first-order valence-corrected chi connectivity index (χ1v) is 14.9. The van der Waals surface area contributed by atoms with Gasteiger partial charge in [-0.2, -0.15) is 0 Å². The lowest BCUT2D eigenvalue weighted by Crippen LogP contribution is -2.39. The van der Waals surface area contributed by atoms with E-state index < -0.39 is 6.04 Å². The van der Waals surface area contributed by atoms with Crippen LogP contribution >= 0.6 is 0 Å². The number of nitrogens with zero attached hydrogens (tertiary/aromatic N) is 2. The zero-order valence-corrected chi connectivity index (χ0v) is 26.1. The lowest BCUT2D eigenvalue weighted by molar-refractivity contribution is 0.0918. The zero-order chi connectivity index (χ0) is 31.9. The maximum atomic E-state index is 14.0. The van der Waals surface area contributed by atoms with E-state index in [2.05, 4.69) is 28.2 Å². The molecule has 1 atom stereocenters. The van der Waals surface area contributed by atoms with Crippen molar-refractivity contribution in [2.24, 2.45) is 5.73 Å². The van der Waals surface area contributed by atoms with Crippen LogP contribution in [-0.2, 0) is 13.0 Å². The van der Waals surface area contributed by atoms with Gasteiger partial charge in [-0.15, -0.1) is 0 Å².